The highest BCUT2D eigenvalue weighted by Crippen LogP contribution is 2.44. The van der Waals surface area contributed by atoms with Crippen molar-refractivity contribution in [1.29, 1.82) is 0 Å². The van der Waals surface area contributed by atoms with Crippen molar-refractivity contribution in [2.24, 2.45) is 0 Å². The van der Waals surface area contributed by atoms with Crippen molar-refractivity contribution in [2.75, 3.05) is 0 Å². The first-order valence-electron chi connectivity index (χ1n) is 11.9. The highest BCUT2D eigenvalue weighted by atomic mass is 14.2. The van der Waals surface area contributed by atoms with E-state index < -0.39 is 0 Å². The fraction of sp³-hybridized carbons (Fsp3) is 0. The zero-order valence-electron chi connectivity index (χ0n) is 18.5. The molecule has 0 heteroatoms. The lowest BCUT2D eigenvalue weighted by Crippen LogP contribution is -1.89. The first-order valence-corrected chi connectivity index (χ1v) is 11.9. The molecule has 8 aromatic rings. The number of fused-ring (bicyclic) bond motifs is 5. The van der Waals surface area contributed by atoms with Gasteiger partial charge in [-0.15, -0.1) is 0 Å². The maximum Gasteiger partial charge on any atom is -0.00203 e. The van der Waals surface area contributed by atoms with E-state index in [0.29, 0.717) is 0 Å². The number of hydrogen-bond donors (Lipinski definition) is 0. The average molecular weight is 429 g/mol. The van der Waals surface area contributed by atoms with Gasteiger partial charge in [0.15, 0.2) is 0 Å². The highest BCUT2D eigenvalue weighted by Gasteiger charge is 2.16. The minimum atomic E-state index is 1.26. The summed E-state index contributed by atoms with van der Waals surface area (Å²) in [5, 5.41) is 15.9. The molecule has 0 aliphatic rings. The van der Waals surface area contributed by atoms with Crippen LogP contribution in [0.1, 0.15) is 0 Å². The summed E-state index contributed by atoms with van der Waals surface area (Å²) in [6.45, 7) is 0. The van der Waals surface area contributed by atoms with Crippen LogP contribution in [-0.2, 0) is 0 Å². The summed E-state index contributed by atoms with van der Waals surface area (Å²) in [5.74, 6) is 0. The Morgan fingerprint density at radius 3 is 1.62 bits per heavy atom. The van der Waals surface area contributed by atoms with Crippen molar-refractivity contribution in [3.8, 4) is 11.1 Å². The van der Waals surface area contributed by atoms with E-state index in [4.69, 9.17) is 0 Å². The van der Waals surface area contributed by atoms with Crippen LogP contribution < -0.4 is 0 Å². The van der Waals surface area contributed by atoms with E-state index in [1.165, 1.54) is 75.8 Å². The maximum absolute atomic E-state index is 2.45. The lowest BCUT2D eigenvalue weighted by molar-refractivity contribution is 1.68. The first kappa shape index (κ1) is 18.1. The summed E-state index contributed by atoms with van der Waals surface area (Å²) in [4.78, 5) is 0. The van der Waals surface area contributed by atoms with Crippen molar-refractivity contribution >= 4 is 64.6 Å². The number of hydrogen-bond acceptors (Lipinski definition) is 0. The van der Waals surface area contributed by atoms with Gasteiger partial charge < -0.3 is 0 Å². The molecule has 8 aromatic carbocycles. The summed E-state index contributed by atoms with van der Waals surface area (Å²) in [5.41, 5.74) is 2.58. The van der Waals surface area contributed by atoms with E-state index in [-0.39, 0.29) is 0 Å². The van der Waals surface area contributed by atoms with Crippen LogP contribution in [0.5, 0.6) is 0 Å². The standard InChI is InChI=1S/C34H20/c1-2-8-21(9-3-1)32-26-13-5-4-10-24(26)18-25-19-30-27-14-6-11-22-16-17-23-12-7-15-28(34(23)33(22)27)31(30)20-29(25)32/h1-20H. The summed E-state index contributed by atoms with van der Waals surface area (Å²) >= 11 is 0. The zero-order chi connectivity index (χ0) is 22.2. The van der Waals surface area contributed by atoms with Crippen molar-refractivity contribution < 1.29 is 0 Å². The van der Waals surface area contributed by atoms with E-state index in [2.05, 4.69) is 121 Å². The van der Waals surface area contributed by atoms with Crippen LogP contribution in [0.25, 0.3) is 75.8 Å². The van der Waals surface area contributed by atoms with Gasteiger partial charge in [-0.05, 0) is 94.0 Å². The topological polar surface area (TPSA) is 0 Å². The third-order valence-electron chi connectivity index (χ3n) is 7.53. The second-order valence-corrected chi connectivity index (χ2v) is 9.33. The molecule has 0 spiro atoms. The van der Waals surface area contributed by atoms with E-state index >= 15 is 0 Å². The van der Waals surface area contributed by atoms with Crippen LogP contribution in [0.15, 0.2) is 121 Å². The molecule has 0 aliphatic heterocycles. The predicted octanol–water partition coefficient (Wildman–Crippen LogP) is 9.71. The van der Waals surface area contributed by atoms with Crippen molar-refractivity contribution in [3.05, 3.63) is 121 Å². The molecule has 34 heavy (non-hydrogen) atoms. The Kier molecular flexibility index (Phi) is 3.48. The molecule has 156 valence electrons. The Morgan fingerprint density at radius 1 is 0.294 bits per heavy atom. The molecule has 0 radical (unpaired) electrons. The normalized spacial score (nSPS) is 12.1. The van der Waals surface area contributed by atoms with Crippen molar-refractivity contribution in [2.45, 2.75) is 0 Å². The molecular weight excluding hydrogens is 408 g/mol. The van der Waals surface area contributed by atoms with Crippen LogP contribution in [-0.4, -0.2) is 0 Å². The van der Waals surface area contributed by atoms with E-state index in [1.54, 1.807) is 0 Å². The summed E-state index contributed by atoms with van der Waals surface area (Å²) in [6, 6.07) is 44.8. The molecule has 0 fully saturated rings. The third-order valence-corrected chi connectivity index (χ3v) is 7.53. The lowest BCUT2D eigenvalue weighted by atomic mass is 9.86. The SMILES string of the molecule is c1ccc(-c2c3ccccc3cc3cc4c(cc23)c2cccc3ccc5cccc4c5c32)cc1. The van der Waals surface area contributed by atoms with E-state index in [9.17, 15) is 0 Å². The zero-order valence-corrected chi connectivity index (χ0v) is 18.5. The monoisotopic (exact) mass is 428 g/mol. The second-order valence-electron chi connectivity index (χ2n) is 9.33. The molecule has 8 rings (SSSR count). The predicted molar refractivity (Wildman–Crippen MR) is 148 cm³/mol. The number of rotatable bonds is 1. The quantitative estimate of drug-likeness (QED) is 0.180. The first-order chi connectivity index (χ1) is 16.9. The van der Waals surface area contributed by atoms with Gasteiger partial charge in [-0.2, -0.15) is 0 Å². The van der Waals surface area contributed by atoms with Crippen molar-refractivity contribution in [1.82, 2.24) is 0 Å². The molecule has 0 amide bonds. The Labute approximate surface area is 197 Å². The third kappa shape index (κ3) is 2.32. The highest BCUT2D eigenvalue weighted by molar-refractivity contribution is 6.35. The molecule has 0 aromatic heterocycles. The van der Waals surface area contributed by atoms with Crippen LogP contribution in [0, 0.1) is 0 Å². The Balaban J connectivity index is 1.67. The van der Waals surface area contributed by atoms with Crippen LogP contribution in [0.3, 0.4) is 0 Å². The van der Waals surface area contributed by atoms with E-state index in [1.807, 2.05) is 0 Å². The molecule has 0 bridgehead atoms. The summed E-state index contributed by atoms with van der Waals surface area (Å²) < 4.78 is 0. The number of benzene rings is 8. The lowest BCUT2D eigenvalue weighted by Gasteiger charge is -2.17. The Hall–Kier alpha value is -4.42. The van der Waals surface area contributed by atoms with Crippen molar-refractivity contribution in [3.63, 3.8) is 0 Å². The molecule has 0 saturated heterocycles. The summed E-state index contributed by atoms with van der Waals surface area (Å²) in [7, 11) is 0. The molecule has 0 unspecified atom stereocenters. The largest absolute Gasteiger partial charge is 0.0622 e. The van der Waals surface area contributed by atoms with Crippen LogP contribution in [0.2, 0.25) is 0 Å². The van der Waals surface area contributed by atoms with Crippen LogP contribution >= 0.6 is 0 Å². The van der Waals surface area contributed by atoms with Gasteiger partial charge in [0.2, 0.25) is 0 Å². The van der Waals surface area contributed by atoms with Gasteiger partial charge in [-0.1, -0.05) is 103 Å². The van der Waals surface area contributed by atoms with Crippen LogP contribution in [0.4, 0.5) is 0 Å². The second kappa shape index (κ2) is 6.56. The molecule has 0 saturated carbocycles. The summed E-state index contributed by atoms with van der Waals surface area (Å²) in [6.07, 6.45) is 0. The van der Waals surface area contributed by atoms with E-state index in [0.717, 1.165) is 0 Å². The van der Waals surface area contributed by atoms with Gasteiger partial charge in [0.25, 0.3) is 0 Å². The van der Waals surface area contributed by atoms with Gasteiger partial charge in [-0.3, -0.25) is 0 Å². The minimum absolute atomic E-state index is 1.26. The molecular formula is C34H20. The van der Waals surface area contributed by atoms with Gasteiger partial charge in [0.1, 0.15) is 0 Å². The Morgan fingerprint density at radius 2 is 0.882 bits per heavy atom. The molecule has 0 atom stereocenters. The molecule has 0 heterocycles. The fourth-order valence-corrected chi connectivity index (χ4v) is 6.08. The maximum atomic E-state index is 2.45. The van der Waals surface area contributed by atoms with Gasteiger partial charge in [-0.25, -0.2) is 0 Å². The molecule has 0 N–H and O–H groups in total. The van der Waals surface area contributed by atoms with Gasteiger partial charge in [0.05, 0.1) is 0 Å². The van der Waals surface area contributed by atoms with Gasteiger partial charge in [0, 0.05) is 0 Å². The molecule has 0 aliphatic carbocycles. The fourth-order valence-electron chi connectivity index (χ4n) is 6.08. The minimum Gasteiger partial charge on any atom is -0.0622 e. The molecule has 0 nitrogen and oxygen atoms in total. The Bertz CT molecular complexity index is 2050. The van der Waals surface area contributed by atoms with Gasteiger partial charge >= 0.3 is 0 Å². The average Bonchev–Trinajstić information content (AvgIpc) is 2.90. The smallest absolute Gasteiger partial charge is 0.00203 e.